The van der Waals surface area contributed by atoms with Gasteiger partial charge in [-0.1, -0.05) is 36.4 Å². The van der Waals surface area contributed by atoms with Gasteiger partial charge in [-0.05, 0) is 68.3 Å². The molecular formula is C27H24N4O. The molecule has 0 spiro atoms. The molecule has 4 aromatic rings. The molecule has 1 atom stereocenters. The molecule has 1 amide bonds. The van der Waals surface area contributed by atoms with Crippen LogP contribution in [0.1, 0.15) is 35.5 Å². The molecule has 158 valence electrons. The maximum atomic E-state index is 12.8. The first-order valence-corrected chi connectivity index (χ1v) is 10.5. The van der Waals surface area contributed by atoms with Gasteiger partial charge in [0, 0.05) is 28.7 Å². The van der Waals surface area contributed by atoms with Crippen LogP contribution in [0.25, 0.3) is 22.7 Å². The van der Waals surface area contributed by atoms with Gasteiger partial charge in [0.25, 0.3) is 5.91 Å². The van der Waals surface area contributed by atoms with Gasteiger partial charge in [-0.25, -0.2) is 0 Å². The van der Waals surface area contributed by atoms with Gasteiger partial charge in [0.2, 0.25) is 0 Å². The molecular weight excluding hydrogens is 396 g/mol. The van der Waals surface area contributed by atoms with Crippen molar-refractivity contribution in [2.24, 2.45) is 0 Å². The maximum Gasteiger partial charge on any atom is 0.262 e. The van der Waals surface area contributed by atoms with E-state index in [0.29, 0.717) is 0 Å². The van der Waals surface area contributed by atoms with Crippen molar-refractivity contribution in [3.8, 4) is 11.8 Å². The number of fused-ring (bicyclic) bond motifs is 1. The van der Waals surface area contributed by atoms with E-state index >= 15 is 0 Å². The number of nitriles is 1. The smallest absolute Gasteiger partial charge is 0.262 e. The third kappa shape index (κ3) is 4.17. The Morgan fingerprint density at radius 3 is 2.62 bits per heavy atom. The van der Waals surface area contributed by atoms with Crippen LogP contribution in [-0.2, 0) is 4.79 Å². The number of hydrogen-bond donors (Lipinski definition) is 1. The molecule has 0 aliphatic heterocycles. The van der Waals surface area contributed by atoms with Gasteiger partial charge >= 0.3 is 0 Å². The van der Waals surface area contributed by atoms with Crippen LogP contribution in [-0.4, -0.2) is 15.5 Å². The maximum absolute atomic E-state index is 12.8. The lowest BCUT2D eigenvalue weighted by atomic mass is 10.1. The minimum absolute atomic E-state index is 0.0794. The van der Waals surface area contributed by atoms with Crippen molar-refractivity contribution in [2.75, 3.05) is 0 Å². The average Bonchev–Trinajstić information content (AvgIpc) is 3.10. The van der Waals surface area contributed by atoms with Crippen LogP contribution in [0.4, 0.5) is 0 Å². The van der Waals surface area contributed by atoms with Gasteiger partial charge in [0.15, 0.2) is 0 Å². The molecule has 0 unspecified atom stereocenters. The second-order valence-corrected chi connectivity index (χ2v) is 7.82. The SMILES string of the molecule is Cc1cc(/C=C(/C#N)C(=O)N[C@H](C)c2ccccc2)c(C)n1-c1ccc2ncccc2c1. The molecule has 32 heavy (non-hydrogen) atoms. The third-order valence-electron chi connectivity index (χ3n) is 5.63. The fourth-order valence-electron chi connectivity index (χ4n) is 3.94. The highest BCUT2D eigenvalue weighted by Gasteiger charge is 2.16. The van der Waals surface area contributed by atoms with Crippen molar-refractivity contribution in [1.82, 2.24) is 14.9 Å². The zero-order valence-electron chi connectivity index (χ0n) is 18.3. The number of benzene rings is 2. The summed E-state index contributed by atoms with van der Waals surface area (Å²) in [4.78, 5) is 17.1. The summed E-state index contributed by atoms with van der Waals surface area (Å²) in [6.45, 7) is 5.91. The Labute approximate surface area is 187 Å². The molecule has 5 heteroatoms. The van der Waals surface area contributed by atoms with Crippen molar-refractivity contribution >= 4 is 22.9 Å². The van der Waals surface area contributed by atoms with E-state index in [1.165, 1.54) is 0 Å². The lowest BCUT2D eigenvalue weighted by molar-refractivity contribution is -0.117. The molecule has 2 aromatic heterocycles. The van der Waals surface area contributed by atoms with Crippen LogP contribution in [0, 0.1) is 25.2 Å². The van der Waals surface area contributed by atoms with E-state index in [9.17, 15) is 10.1 Å². The van der Waals surface area contributed by atoms with Gasteiger partial charge in [0.05, 0.1) is 11.6 Å². The number of hydrogen-bond acceptors (Lipinski definition) is 3. The largest absolute Gasteiger partial charge is 0.345 e. The molecule has 2 heterocycles. The van der Waals surface area contributed by atoms with E-state index in [2.05, 4.69) is 27.0 Å². The highest BCUT2D eigenvalue weighted by Crippen LogP contribution is 2.25. The highest BCUT2D eigenvalue weighted by atomic mass is 16.1. The zero-order chi connectivity index (χ0) is 22.7. The van der Waals surface area contributed by atoms with Gasteiger partial charge in [-0.3, -0.25) is 9.78 Å². The Kier molecular flexibility index (Phi) is 5.87. The van der Waals surface area contributed by atoms with Crippen molar-refractivity contribution in [3.63, 3.8) is 0 Å². The number of nitrogens with zero attached hydrogens (tertiary/aromatic N) is 3. The minimum atomic E-state index is -0.384. The predicted octanol–water partition coefficient (Wildman–Crippen LogP) is 5.43. The highest BCUT2D eigenvalue weighted by molar-refractivity contribution is 6.02. The van der Waals surface area contributed by atoms with Crippen LogP contribution in [0.5, 0.6) is 0 Å². The summed E-state index contributed by atoms with van der Waals surface area (Å²) in [6, 6.07) is 23.6. The fourth-order valence-corrected chi connectivity index (χ4v) is 3.94. The van der Waals surface area contributed by atoms with E-state index in [1.807, 2.05) is 81.4 Å². The average molecular weight is 421 g/mol. The summed E-state index contributed by atoms with van der Waals surface area (Å²) >= 11 is 0. The van der Waals surface area contributed by atoms with Crippen molar-refractivity contribution in [3.05, 3.63) is 101 Å². The molecule has 0 aliphatic rings. The summed E-state index contributed by atoms with van der Waals surface area (Å²) in [5, 5.41) is 13.6. The summed E-state index contributed by atoms with van der Waals surface area (Å²) < 4.78 is 2.12. The number of carbonyl (C=O) groups excluding carboxylic acids is 1. The minimum Gasteiger partial charge on any atom is -0.345 e. The first-order chi connectivity index (χ1) is 15.5. The van der Waals surface area contributed by atoms with Crippen molar-refractivity contribution in [2.45, 2.75) is 26.8 Å². The second-order valence-electron chi connectivity index (χ2n) is 7.82. The van der Waals surface area contributed by atoms with E-state index < -0.39 is 0 Å². The molecule has 0 fully saturated rings. The van der Waals surface area contributed by atoms with E-state index in [4.69, 9.17) is 0 Å². The Morgan fingerprint density at radius 2 is 1.88 bits per heavy atom. The van der Waals surface area contributed by atoms with Crippen LogP contribution >= 0.6 is 0 Å². The molecule has 2 aromatic carbocycles. The molecule has 0 bridgehead atoms. The van der Waals surface area contributed by atoms with E-state index in [1.54, 1.807) is 12.3 Å². The van der Waals surface area contributed by atoms with Crippen LogP contribution in [0.2, 0.25) is 0 Å². The molecule has 0 saturated heterocycles. The summed E-state index contributed by atoms with van der Waals surface area (Å²) in [7, 11) is 0. The van der Waals surface area contributed by atoms with E-state index in [-0.39, 0.29) is 17.5 Å². The molecule has 0 aliphatic carbocycles. The van der Waals surface area contributed by atoms with Gasteiger partial charge < -0.3 is 9.88 Å². The monoisotopic (exact) mass is 420 g/mol. The van der Waals surface area contributed by atoms with Crippen LogP contribution < -0.4 is 5.32 Å². The number of nitrogens with one attached hydrogen (secondary N) is 1. The number of rotatable bonds is 5. The fraction of sp³-hybridized carbons (Fsp3) is 0.148. The van der Waals surface area contributed by atoms with Gasteiger partial charge in [-0.2, -0.15) is 5.26 Å². The number of aromatic nitrogens is 2. The quantitative estimate of drug-likeness (QED) is 0.346. The number of aryl methyl sites for hydroxylation is 1. The first-order valence-electron chi connectivity index (χ1n) is 10.5. The second kappa shape index (κ2) is 8.91. The predicted molar refractivity (Wildman–Crippen MR) is 127 cm³/mol. The Hall–Kier alpha value is -4.17. The Bertz CT molecular complexity index is 1360. The van der Waals surface area contributed by atoms with Gasteiger partial charge in [0.1, 0.15) is 11.6 Å². The molecule has 4 rings (SSSR count). The van der Waals surface area contributed by atoms with Crippen LogP contribution in [0.15, 0.2) is 78.5 Å². The first kappa shape index (κ1) is 21.1. The van der Waals surface area contributed by atoms with Crippen molar-refractivity contribution in [1.29, 1.82) is 5.26 Å². The van der Waals surface area contributed by atoms with Crippen LogP contribution in [0.3, 0.4) is 0 Å². The third-order valence-corrected chi connectivity index (χ3v) is 5.63. The molecule has 0 saturated carbocycles. The number of pyridine rings is 1. The lowest BCUT2D eigenvalue weighted by Crippen LogP contribution is -2.27. The summed E-state index contributed by atoms with van der Waals surface area (Å²) in [5.41, 5.74) is 5.84. The number of amides is 1. The van der Waals surface area contributed by atoms with Crippen molar-refractivity contribution < 1.29 is 4.79 Å². The van der Waals surface area contributed by atoms with E-state index in [0.717, 1.165) is 39.1 Å². The zero-order valence-corrected chi connectivity index (χ0v) is 18.3. The molecule has 0 radical (unpaired) electrons. The standard InChI is InChI=1S/C27H24N4O/c1-18-14-23(15-24(17-28)27(32)30-19(2)21-8-5-4-6-9-21)20(3)31(18)25-11-12-26-22(16-25)10-7-13-29-26/h4-16,19H,1-3H3,(H,30,32)/b24-15-/t19-/m1/s1. The summed E-state index contributed by atoms with van der Waals surface area (Å²) in [5.74, 6) is -0.384. The Balaban J connectivity index is 1.64. The molecule has 1 N–H and O–H groups in total. The molecule has 5 nitrogen and oxygen atoms in total. The summed E-state index contributed by atoms with van der Waals surface area (Å²) in [6.07, 6.45) is 3.44. The normalized spacial score (nSPS) is 12.4. The topological polar surface area (TPSA) is 70.7 Å². The van der Waals surface area contributed by atoms with Gasteiger partial charge in [-0.15, -0.1) is 0 Å². The Morgan fingerprint density at radius 1 is 1.09 bits per heavy atom. The lowest BCUT2D eigenvalue weighted by Gasteiger charge is -2.14. The number of carbonyl (C=O) groups is 1.